The number of amides is 1. The Morgan fingerprint density at radius 2 is 2.14 bits per heavy atom. The van der Waals surface area contributed by atoms with E-state index in [4.69, 9.17) is 5.73 Å². The Hall–Kier alpha value is -3.02. The third-order valence-corrected chi connectivity index (χ3v) is 5.28. The minimum absolute atomic E-state index is 0.296. The van der Waals surface area contributed by atoms with Crippen molar-refractivity contribution < 1.29 is 9.90 Å². The molecule has 140 valence electrons. The molecule has 1 aromatic carbocycles. The molecule has 0 aliphatic carbocycles. The summed E-state index contributed by atoms with van der Waals surface area (Å²) in [6.45, 7) is 0.486. The van der Waals surface area contributed by atoms with Crippen LogP contribution in [0, 0.1) is 11.8 Å². The smallest absolute Gasteiger partial charge is 0.267 e. The van der Waals surface area contributed by atoms with Gasteiger partial charge in [-0.15, -0.1) is 0 Å². The van der Waals surface area contributed by atoms with E-state index in [-0.39, 0.29) is 5.91 Å². The second kappa shape index (κ2) is 6.86. The maximum Gasteiger partial charge on any atom is 0.267 e. The summed E-state index contributed by atoms with van der Waals surface area (Å²) in [5.74, 6) is 6.05. The summed E-state index contributed by atoms with van der Waals surface area (Å²) in [7, 11) is 1.65. The number of hydrogen-bond acceptors (Lipinski definition) is 6. The molecule has 4 rings (SSSR count). The van der Waals surface area contributed by atoms with Crippen molar-refractivity contribution in [3.63, 3.8) is 0 Å². The minimum atomic E-state index is -1.63. The molecule has 0 radical (unpaired) electrons. The summed E-state index contributed by atoms with van der Waals surface area (Å²) in [5.41, 5.74) is 6.28. The molecule has 3 aromatic rings. The van der Waals surface area contributed by atoms with Crippen LogP contribution in [0.1, 0.15) is 12.0 Å². The Labute approximate surface area is 169 Å². The summed E-state index contributed by atoms with van der Waals surface area (Å²) in [4.78, 5) is 26.6. The lowest BCUT2D eigenvalue weighted by atomic mass is 10.0. The number of nitrogens with two attached hydrogens (primary N) is 1. The van der Waals surface area contributed by atoms with Gasteiger partial charge in [-0.1, -0.05) is 24.0 Å². The maximum atomic E-state index is 12.1. The topological polar surface area (TPSA) is 105 Å². The van der Waals surface area contributed by atoms with Crippen molar-refractivity contribution in [1.29, 1.82) is 0 Å². The Morgan fingerprint density at radius 3 is 2.89 bits per heavy atom. The number of pyridine rings is 1. The monoisotopic (exact) mass is 437 g/mol. The number of anilines is 1. The molecule has 0 spiro atoms. The molecule has 0 unspecified atom stereocenters. The van der Waals surface area contributed by atoms with Gasteiger partial charge in [-0.3, -0.25) is 4.79 Å². The van der Waals surface area contributed by atoms with E-state index in [2.05, 4.69) is 42.7 Å². The van der Waals surface area contributed by atoms with Crippen molar-refractivity contribution in [1.82, 2.24) is 19.9 Å². The maximum absolute atomic E-state index is 12.1. The molecule has 1 fully saturated rings. The fourth-order valence-electron chi connectivity index (χ4n) is 3.03. The van der Waals surface area contributed by atoms with E-state index < -0.39 is 5.60 Å². The first-order valence-corrected chi connectivity index (χ1v) is 9.35. The normalized spacial score (nSPS) is 19.0. The van der Waals surface area contributed by atoms with E-state index in [1.807, 2.05) is 18.2 Å². The van der Waals surface area contributed by atoms with Gasteiger partial charge in [-0.2, -0.15) is 0 Å². The van der Waals surface area contributed by atoms with Crippen LogP contribution in [-0.4, -0.2) is 50.1 Å². The SMILES string of the molecule is CN1CC[C@@](O)(C#Cc2cccc(-c3ncc4c(Br)cnc(N)c4n3)c2)C1=O. The van der Waals surface area contributed by atoms with Gasteiger partial charge in [0.2, 0.25) is 5.60 Å². The first kappa shape index (κ1) is 18.3. The van der Waals surface area contributed by atoms with Gasteiger partial charge in [0.1, 0.15) is 11.3 Å². The lowest BCUT2D eigenvalue weighted by Crippen LogP contribution is -2.37. The van der Waals surface area contributed by atoms with Gasteiger partial charge in [-0.05, 0) is 28.1 Å². The molecule has 0 bridgehead atoms. The second-order valence-corrected chi connectivity index (χ2v) is 7.47. The summed E-state index contributed by atoms with van der Waals surface area (Å²) in [5, 5.41) is 11.2. The molecular weight excluding hydrogens is 422 g/mol. The molecule has 28 heavy (non-hydrogen) atoms. The molecular formula is C20H16BrN5O2. The quantitative estimate of drug-likeness (QED) is 0.563. The van der Waals surface area contributed by atoms with Crippen molar-refractivity contribution >= 4 is 38.6 Å². The van der Waals surface area contributed by atoms with Gasteiger partial charge in [0.25, 0.3) is 5.91 Å². The summed E-state index contributed by atoms with van der Waals surface area (Å²) in [6, 6.07) is 7.29. The van der Waals surface area contributed by atoms with Gasteiger partial charge < -0.3 is 15.7 Å². The van der Waals surface area contributed by atoms with E-state index >= 15 is 0 Å². The molecule has 3 N–H and O–H groups in total. The lowest BCUT2D eigenvalue weighted by molar-refractivity contribution is -0.137. The number of likely N-dealkylation sites (tertiary alicyclic amines) is 1. The largest absolute Gasteiger partial charge is 0.382 e. The zero-order chi connectivity index (χ0) is 19.9. The highest BCUT2D eigenvalue weighted by molar-refractivity contribution is 9.10. The van der Waals surface area contributed by atoms with E-state index in [9.17, 15) is 9.90 Å². The molecule has 1 saturated heterocycles. The average molecular weight is 438 g/mol. The highest BCUT2D eigenvalue weighted by Crippen LogP contribution is 2.27. The Bertz CT molecular complexity index is 1170. The number of fused-ring (bicyclic) bond motifs is 1. The number of carbonyl (C=O) groups is 1. The van der Waals surface area contributed by atoms with Gasteiger partial charge >= 0.3 is 0 Å². The van der Waals surface area contributed by atoms with Crippen molar-refractivity contribution in [3.05, 3.63) is 46.7 Å². The third kappa shape index (κ3) is 3.19. The number of aliphatic hydroxyl groups is 1. The van der Waals surface area contributed by atoms with Crippen LogP contribution in [0.25, 0.3) is 22.3 Å². The fraction of sp³-hybridized carbons (Fsp3) is 0.200. The third-order valence-electron chi connectivity index (χ3n) is 4.65. The zero-order valence-corrected chi connectivity index (χ0v) is 16.6. The van der Waals surface area contributed by atoms with Crippen LogP contribution in [0.15, 0.2) is 41.1 Å². The highest BCUT2D eigenvalue weighted by Gasteiger charge is 2.42. The van der Waals surface area contributed by atoms with Crippen LogP contribution in [0.3, 0.4) is 0 Å². The van der Waals surface area contributed by atoms with Gasteiger partial charge in [0, 0.05) is 53.4 Å². The standard InChI is InChI=1S/C20H16BrN5O2/c1-26-8-7-20(28,19(26)27)6-5-12-3-2-4-13(9-12)18-24-10-14-15(21)11-23-17(22)16(14)25-18/h2-4,9-11,28H,7-8H2,1H3,(H2,22,23)/t20-/m0/s1. The Balaban J connectivity index is 1.71. The number of carbonyl (C=O) groups excluding carboxylic acids is 1. The van der Waals surface area contributed by atoms with Crippen LogP contribution in [-0.2, 0) is 4.79 Å². The molecule has 1 aliphatic heterocycles. The molecule has 3 heterocycles. The van der Waals surface area contributed by atoms with Crippen LogP contribution < -0.4 is 5.73 Å². The van der Waals surface area contributed by atoms with Crippen LogP contribution in [0.2, 0.25) is 0 Å². The Kier molecular flexibility index (Phi) is 4.49. The molecule has 1 atom stereocenters. The van der Waals surface area contributed by atoms with Crippen LogP contribution in [0.4, 0.5) is 5.82 Å². The van der Waals surface area contributed by atoms with Crippen LogP contribution in [0.5, 0.6) is 0 Å². The van der Waals surface area contributed by atoms with Gasteiger partial charge in [-0.25, -0.2) is 15.0 Å². The second-order valence-electron chi connectivity index (χ2n) is 6.62. The first-order valence-electron chi connectivity index (χ1n) is 8.56. The first-order chi connectivity index (χ1) is 13.4. The molecule has 8 heteroatoms. The number of rotatable bonds is 1. The zero-order valence-electron chi connectivity index (χ0n) is 15.0. The van der Waals surface area contributed by atoms with Gasteiger partial charge in [0.15, 0.2) is 5.82 Å². The number of hydrogen-bond donors (Lipinski definition) is 2. The summed E-state index contributed by atoms with van der Waals surface area (Å²) < 4.78 is 0.766. The molecule has 1 amide bonds. The number of nitrogen functional groups attached to an aromatic ring is 1. The molecule has 1 aliphatic rings. The lowest BCUT2D eigenvalue weighted by Gasteiger charge is -2.13. The molecule has 2 aromatic heterocycles. The number of aromatic nitrogens is 3. The predicted molar refractivity (Wildman–Crippen MR) is 109 cm³/mol. The van der Waals surface area contributed by atoms with Crippen molar-refractivity contribution in [3.8, 4) is 23.2 Å². The average Bonchev–Trinajstić information content (AvgIpc) is 2.97. The molecule has 7 nitrogen and oxygen atoms in total. The van der Waals surface area contributed by atoms with E-state index in [0.717, 1.165) is 15.4 Å². The number of nitrogens with zero attached hydrogens (tertiary/aromatic N) is 4. The minimum Gasteiger partial charge on any atom is -0.382 e. The van der Waals surface area contributed by atoms with Crippen molar-refractivity contribution in [2.45, 2.75) is 12.0 Å². The predicted octanol–water partition coefficient (Wildman–Crippen LogP) is 1.98. The highest BCUT2D eigenvalue weighted by atomic mass is 79.9. The number of benzene rings is 1. The van der Waals surface area contributed by atoms with Gasteiger partial charge in [0.05, 0.1) is 0 Å². The van der Waals surface area contributed by atoms with Crippen LogP contribution >= 0.6 is 15.9 Å². The van der Waals surface area contributed by atoms with E-state index in [1.54, 1.807) is 25.5 Å². The number of halogens is 1. The number of likely N-dealkylation sites (N-methyl/N-ethyl adjacent to an activating group) is 1. The fourth-order valence-corrected chi connectivity index (χ4v) is 3.42. The van der Waals surface area contributed by atoms with E-state index in [0.29, 0.717) is 35.7 Å². The van der Waals surface area contributed by atoms with Crippen molar-refractivity contribution in [2.24, 2.45) is 0 Å². The summed E-state index contributed by atoms with van der Waals surface area (Å²) in [6.07, 6.45) is 3.60. The Morgan fingerprint density at radius 1 is 1.32 bits per heavy atom. The van der Waals surface area contributed by atoms with E-state index in [1.165, 1.54) is 4.90 Å². The summed E-state index contributed by atoms with van der Waals surface area (Å²) >= 11 is 3.42. The molecule has 0 saturated carbocycles. The van der Waals surface area contributed by atoms with Crippen molar-refractivity contribution in [2.75, 3.05) is 19.3 Å².